The highest BCUT2D eigenvalue weighted by Crippen LogP contribution is 2.32. The van der Waals surface area contributed by atoms with Crippen LogP contribution in [0.3, 0.4) is 0 Å². The van der Waals surface area contributed by atoms with Gasteiger partial charge in [0, 0.05) is 47.8 Å². The Kier molecular flexibility index (Phi) is 4.90. The van der Waals surface area contributed by atoms with Gasteiger partial charge in [-0.3, -0.25) is 0 Å². The van der Waals surface area contributed by atoms with Gasteiger partial charge in [-0.05, 0) is 55.8 Å². The third kappa shape index (κ3) is 3.21. The van der Waals surface area contributed by atoms with Crippen molar-refractivity contribution >= 4 is 21.8 Å². The van der Waals surface area contributed by atoms with Crippen LogP contribution in [0.4, 0.5) is 8.78 Å². The van der Waals surface area contributed by atoms with Crippen molar-refractivity contribution in [3.8, 4) is 17.1 Å². The molecule has 3 aromatic heterocycles. The molecule has 5 aromatic rings. The molecule has 0 radical (unpaired) electrons. The van der Waals surface area contributed by atoms with Gasteiger partial charge in [0.05, 0.1) is 11.2 Å². The molecule has 0 aliphatic heterocycles. The first-order valence-electron chi connectivity index (χ1n) is 10.4. The van der Waals surface area contributed by atoms with Crippen molar-refractivity contribution in [1.29, 1.82) is 0 Å². The lowest BCUT2D eigenvalue weighted by atomic mass is 10.1. The molecule has 9 heteroatoms. The van der Waals surface area contributed by atoms with Crippen LogP contribution in [0, 0.1) is 11.6 Å². The normalized spacial score (nSPS) is 11.8. The first kappa shape index (κ1) is 20.2. The predicted molar refractivity (Wildman–Crippen MR) is 120 cm³/mol. The molecule has 164 valence electrons. The summed E-state index contributed by atoms with van der Waals surface area (Å²) in [4.78, 5) is 12.9. The van der Waals surface area contributed by atoms with E-state index in [-0.39, 0.29) is 5.82 Å². The van der Waals surface area contributed by atoms with Crippen LogP contribution in [0.15, 0.2) is 53.6 Å². The van der Waals surface area contributed by atoms with E-state index in [0.717, 1.165) is 23.9 Å². The zero-order chi connectivity index (χ0) is 22.4. The molecule has 3 N–H and O–H groups in total. The average Bonchev–Trinajstić information content (AvgIpc) is 3.41. The molecule has 0 saturated carbocycles. The number of unbranched alkanes of at least 4 members (excludes halogenated alkanes) is 1. The first-order valence-corrected chi connectivity index (χ1v) is 10.4. The molecule has 32 heavy (non-hydrogen) atoms. The summed E-state index contributed by atoms with van der Waals surface area (Å²) in [6, 6.07) is 9.01. The summed E-state index contributed by atoms with van der Waals surface area (Å²) in [6.45, 7) is 1.27. The summed E-state index contributed by atoms with van der Waals surface area (Å²) in [6.07, 6.45) is 5.34. The number of fused-ring (bicyclic) bond motifs is 2. The number of benzene rings is 2. The van der Waals surface area contributed by atoms with Crippen LogP contribution < -0.4 is 11.4 Å². The smallest absolute Gasteiger partial charge is 0.348 e. The van der Waals surface area contributed by atoms with Crippen molar-refractivity contribution in [2.24, 2.45) is 12.8 Å². The number of halogens is 2. The molecule has 0 aliphatic carbocycles. The molecule has 0 fully saturated rings. The lowest BCUT2D eigenvalue weighted by molar-refractivity contribution is 0.624. The van der Waals surface area contributed by atoms with Crippen LogP contribution in [0.25, 0.3) is 38.9 Å². The molecule has 0 aliphatic rings. The number of nitrogens with one attached hydrogen (secondary N) is 1. The van der Waals surface area contributed by atoms with Crippen LogP contribution in [0.1, 0.15) is 12.8 Å². The highest BCUT2D eigenvalue weighted by molar-refractivity contribution is 5.96. The van der Waals surface area contributed by atoms with Crippen LogP contribution in [0.5, 0.6) is 0 Å². The molecule has 0 spiro atoms. The highest BCUT2D eigenvalue weighted by atomic mass is 19.1. The van der Waals surface area contributed by atoms with Crippen molar-refractivity contribution < 1.29 is 8.78 Å². The summed E-state index contributed by atoms with van der Waals surface area (Å²) in [5.74, 6) is -0.451. The molecule has 0 bridgehead atoms. The Morgan fingerprint density at radius 3 is 2.47 bits per heavy atom. The second-order valence-corrected chi connectivity index (χ2v) is 7.87. The molecule has 0 unspecified atom stereocenters. The number of nitrogens with zero attached hydrogens (tertiary/aromatic N) is 4. The standard InChI is InChI=1S/C23H22F2N6O/c1-29-12-18(16-10-14(24)4-6-19(16)29)22-27-28-23(32)31(22)21-13-30(9-3-2-8-26)20-7-5-15(25)11-17(20)21/h4-7,10-13H,2-3,8-9,26H2,1H3,(H,28,32). The number of aryl methyl sites for hydroxylation is 2. The molecular weight excluding hydrogens is 414 g/mol. The molecule has 0 atom stereocenters. The topological polar surface area (TPSA) is 86.6 Å². The molecule has 0 saturated heterocycles. The number of H-pyrrole nitrogens is 1. The van der Waals surface area contributed by atoms with Crippen molar-refractivity contribution in [2.75, 3.05) is 6.54 Å². The fourth-order valence-corrected chi connectivity index (χ4v) is 4.28. The van der Waals surface area contributed by atoms with Gasteiger partial charge >= 0.3 is 5.69 Å². The minimum absolute atomic E-state index is 0.330. The molecule has 5 rings (SSSR count). The van der Waals surface area contributed by atoms with Crippen LogP contribution >= 0.6 is 0 Å². The zero-order valence-corrected chi connectivity index (χ0v) is 17.5. The van der Waals surface area contributed by atoms with Gasteiger partial charge in [0.15, 0.2) is 5.82 Å². The Bertz CT molecular complexity index is 1510. The van der Waals surface area contributed by atoms with E-state index in [0.29, 0.717) is 40.9 Å². The maximum atomic E-state index is 14.2. The zero-order valence-electron chi connectivity index (χ0n) is 17.5. The van der Waals surface area contributed by atoms with Gasteiger partial charge in [-0.2, -0.15) is 5.10 Å². The monoisotopic (exact) mass is 436 g/mol. The Morgan fingerprint density at radius 1 is 1.00 bits per heavy atom. The Balaban J connectivity index is 1.75. The maximum Gasteiger partial charge on any atom is 0.348 e. The van der Waals surface area contributed by atoms with Crippen molar-refractivity contribution in [3.63, 3.8) is 0 Å². The minimum Gasteiger partial charge on any atom is -0.350 e. The van der Waals surface area contributed by atoms with Gasteiger partial charge in [-0.25, -0.2) is 23.2 Å². The summed E-state index contributed by atoms with van der Waals surface area (Å²) in [7, 11) is 1.84. The largest absolute Gasteiger partial charge is 0.350 e. The number of aromatic amines is 1. The maximum absolute atomic E-state index is 14.2. The quantitative estimate of drug-likeness (QED) is 0.398. The van der Waals surface area contributed by atoms with Crippen LogP contribution in [0.2, 0.25) is 0 Å². The number of hydrogen-bond donors (Lipinski definition) is 2. The summed E-state index contributed by atoms with van der Waals surface area (Å²) in [5, 5.41) is 7.96. The summed E-state index contributed by atoms with van der Waals surface area (Å²) in [5.41, 5.74) is 7.88. The van der Waals surface area contributed by atoms with E-state index in [1.54, 1.807) is 18.3 Å². The Hall–Kier alpha value is -3.72. The van der Waals surface area contributed by atoms with Gasteiger partial charge in [0.1, 0.15) is 11.6 Å². The number of aromatic nitrogens is 5. The molecular formula is C23H22F2N6O. The Labute approximate surface area is 181 Å². The molecule has 2 aromatic carbocycles. The van der Waals surface area contributed by atoms with E-state index in [4.69, 9.17) is 5.73 Å². The van der Waals surface area contributed by atoms with E-state index in [9.17, 15) is 13.6 Å². The number of hydrogen-bond acceptors (Lipinski definition) is 3. The summed E-state index contributed by atoms with van der Waals surface area (Å²) >= 11 is 0. The predicted octanol–water partition coefficient (Wildman–Crippen LogP) is 3.69. The third-order valence-electron chi connectivity index (χ3n) is 5.78. The number of rotatable bonds is 6. The van der Waals surface area contributed by atoms with Gasteiger partial charge in [-0.15, -0.1) is 0 Å². The fourth-order valence-electron chi connectivity index (χ4n) is 4.28. The Morgan fingerprint density at radius 2 is 1.72 bits per heavy atom. The summed E-state index contributed by atoms with van der Waals surface area (Å²) < 4.78 is 33.4. The van der Waals surface area contributed by atoms with Gasteiger partial charge in [0.25, 0.3) is 0 Å². The van der Waals surface area contributed by atoms with Crippen molar-refractivity contribution in [1.82, 2.24) is 23.9 Å². The van der Waals surface area contributed by atoms with E-state index in [1.165, 1.54) is 28.8 Å². The second kappa shape index (κ2) is 7.76. The molecule has 0 amide bonds. The van der Waals surface area contributed by atoms with Crippen LogP contribution in [-0.2, 0) is 13.6 Å². The highest BCUT2D eigenvalue weighted by Gasteiger charge is 2.21. The first-order chi connectivity index (χ1) is 15.5. The second-order valence-electron chi connectivity index (χ2n) is 7.87. The van der Waals surface area contributed by atoms with Gasteiger partial charge in [0.2, 0.25) is 0 Å². The number of nitrogens with two attached hydrogens (primary N) is 1. The third-order valence-corrected chi connectivity index (χ3v) is 5.78. The van der Waals surface area contributed by atoms with E-state index in [2.05, 4.69) is 10.2 Å². The van der Waals surface area contributed by atoms with Crippen molar-refractivity contribution in [3.05, 3.63) is 70.9 Å². The van der Waals surface area contributed by atoms with E-state index in [1.807, 2.05) is 22.4 Å². The molecule has 3 heterocycles. The SMILES string of the molecule is Cn1cc(-c2n[nH]c(=O)n2-c2cn(CCCCN)c3ccc(F)cc23)c2cc(F)ccc21. The lowest BCUT2D eigenvalue weighted by Crippen LogP contribution is -2.15. The van der Waals surface area contributed by atoms with E-state index >= 15 is 0 Å². The fraction of sp³-hybridized carbons (Fsp3) is 0.217. The van der Waals surface area contributed by atoms with Crippen molar-refractivity contribution in [2.45, 2.75) is 19.4 Å². The molecule has 7 nitrogen and oxygen atoms in total. The van der Waals surface area contributed by atoms with Crippen LogP contribution in [-0.4, -0.2) is 30.4 Å². The van der Waals surface area contributed by atoms with Gasteiger partial charge < -0.3 is 14.9 Å². The van der Waals surface area contributed by atoms with Gasteiger partial charge in [-0.1, -0.05) is 0 Å². The van der Waals surface area contributed by atoms with E-state index < -0.39 is 11.5 Å². The lowest BCUT2D eigenvalue weighted by Gasteiger charge is -2.04. The average molecular weight is 436 g/mol. The minimum atomic E-state index is -0.460.